The molecule has 0 atom stereocenters. The highest BCUT2D eigenvalue weighted by molar-refractivity contribution is 5.94. The van der Waals surface area contributed by atoms with Crippen LogP contribution < -0.4 is 5.32 Å². The fourth-order valence-corrected chi connectivity index (χ4v) is 1.34. The van der Waals surface area contributed by atoms with Crippen molar-refractivity contribution in [1.29, 1.82) is 0 Å². The second-order valence-corrected chi connectivity index (χ2v) is 3.77. The van der Waals surface area contributed by atoms with Crippen molar-refractivity contribution in [3.05, 3.63) is 29.8 Å². The normalized spacial score (nSPS) is 10.2. The highest BCUT2D eigenvalue weighted by atomic mass is 16.5. The van der Waals surface area contributed by atoms with Crippen LogP contribution in [0.1, 0.15) is 30.1 Å². The molecule has 0 heterocycles. The molecule has 0 aromatic heterocycles. The van der Waals surface area contributed by atoms with Crippen LogP contribution in [0.2, 0.25) is 0 Å². The number of hydrogen-bond acceptors (Lipinski definition) is 3. The number of aromatic hydroxyl groups is 1. The maximum atomic E-state index is 11.6. The highest BCUT2D eigenvalue weighted by Gasteiger charge is 2.03. The molecule has 4 heteroatoms. The Morgan fingerprint density at radius 2 is 2.00 bits per heavy atom. The Hall–Kier alpha value is -1.55. The minimum absolute atomic E-state index is 0.125. The second kappa shape index (κ2) is 7.68. The molecular weight excluding hydrogens is 218 g/mol. The number of phenolic OH excluding ortho intramolecular Hbond substituents is 1. The van der Waals surface area contributed by atoms with E-state index in [2.05, 4.69) is 12.2 Å². The van der Waals surface area contributed by atoms with Crippen LogP contribution in [0, 0.1) is 0 Å². The van der Waals surface area contributed by atoms with Crippen LogP contribution in [-0.4, -0.2) is 30.8 Å². The van der Waals surface area contributed by atoms with Crippen LogP contribution in [0.4, 0.5) is 0 Å². The van der Waals surface area contributed by atoms with E-state index in [1.807, 2.05) is 0 Å². The third kappa shape index (κ3) is 5.36. The van der Waals surface area contributed by atoms with Crippen molar-refractivity contribution in [3.63, 3.8) is 0 Å². The Morgan fingerprint density at radius 1 is 1.29 bits per heavy atom. The van der Waals surface area contributed by atoms with Crippen LogP contribution in [0.15, 0.2) is 24.3 Å². The summed E-state index contributed by atoms with van der Waals surface area (Å²) >= 11 is 0. The molecular formula is C13H19NO3. The van der Waals surface area contributed by atoms with Gasteiger partial charge in [0, 0.05) is 25.3 Å². The Morgan fingerprint density at radius 3 is 2.65 bits per heavy atom. The van der Waals surface area contributed by atoms with Gasteiger partial charge in [-0.25, -0.2) is 0 Å². The predicted octanol–water partition coefficient (Wildman–Crippen LogP) is 1.94. The van der Waals surface area contributed by atoms with E-state index in [9.17, 15) is 4.79 Å². The SMILES string of the molecule is CCCOCCCNC(=O)c1ccc(O)cc1. The van der Waals surface area contributed by atoms with Crippen LogP contribution in [-0.2, 0) is 4.74 Å². The van der Waals surface area contributed by atoms with Crippen molar-refractivity contribution in [2.75, 3.05) is 19.8 Å². The summed E-state index contributed by atoms with van der Waals surface area (Å²) in [7, 11) is 0. The molecule has 94 valence electrons. The maximum absolute atomic E-state index is 11.6. The molecule has 4 nitrogen and oxygen atoms in total. The first kappa shape index (κ1) is 13.5. The molecule has 0 radical (unpaired) electrons. The molecule has 1 aromatic rings. The zero-order valence-electron chi connectivity index (χ0n) is 10.1. The highest BCUT2D eigenvalue weighted by Crippen LogP contribution is 2.09. The zero-order chi connectivity index (χ0) is 12.5. The summed E-state index contributed by atoms with van der Waals surface area (Å²) in [6.45, 7) is 4.10. The molecule has 2 N–H and O–H groups in total. The van der Waals surface area contributed by atoms with Crippen molar-refractivity contribution < 1.29 is 14.6 Å². The van der Waals surface area contributed by atoms with Crippen molar-refractivity contribution in [1.82, 2.24) is 5.32 Å². The van der Waals surface area contributed by atoms with E-state index in [0.717, 1.165) is 19.4 Å². The fraction of sp³-hybridized carbons (Fsp3) is 0.462. The summed E-state index contributed by atoms with van der Waals surface area (Å²) in [6, 6.07) is 6.19. The van der Waals surface area contributed by atoms with Gasteiger partial charge in [-0.15, -0.1) is 0 Å². The molecule has 0 aliphatic heterocycles. The average molecular weight is 237 g/mol. The van der Waals surface area contributed by atoms with E-state index in [0.29, 0.717) is 18.7 Å². The van der Waals surface area contributed by atoms with Crippen LogP contribution in [0.5, 0.6) is 5.75 Å². The molecule has 1 rings (SSSR count). The lowest BCUT2D eigenvalue weighted by atomic mass is 10.2. The molecule has 1 amide bonds. The van der Waals surface area contributed by atoms with Gasteiger partial charge in [-0.2, -0.15) is 0 Å². The number of carbonyl (C=O) groups is 1. The Kier molecular flexibility index (Phi) is 6.10. The number of benzene rings is 1. The Labute approximate surface area is 102 Å². The van der Waals surface area contributed by atoms with Crippen molar-refractivity contribution >= 4 is 5.91 Å². The van der Waals surface area contributed by atoms with Gasteiger partial charge in [0.15, 0.2) is 0 Å². The number of ether oxygens (including phenoxy) is 1. The first-order valence-corrected chi connectivity index (χ1v) is 5.89. The van der Waals surface area contributed by atoms with Gasteiger partial charge in [-0.1, -0.05) is 6.92 Å². The predicted molar refractivity (Wildman–Crippen MR) is 66.2 cm³/mol. The van der Waals surface area contributed by atoms with E-state index in [1.165, 1.54) is 12.1 Å². The number of carbonyl (C=O) groups excluding carboxylic acids is 1. The third-order valence-corrected chi connectivity index (χ3v) is 2.23. The minimum atomic E-state index is -0.125. The van der Waals surface area contributed by atoms with Gasteiger partial charge < -0.3 is 15.2 Å². The molecule has 0 bridgehead atoms. The summed E-state index contributed by atoms with van der Waals surface area (Å²) < 4.78 is 5.30. The van der Waals surface area contributed by atoms with Crippen molar-refractivity contribution in [2.24, 2.45) is 0 Å². The number of nitrogens with one attached hydrogen (secondary N) is 1. The zero-order valence-corrected chi connectivity index (χ0v) is 10.1. The second-order valence-electron chi connectivity index (χ2n) is 3.77. The number of hydrogen-bond donors (Lipinski definition) is 2. The minimum Gasteiger partial charge on any atom is -0.508 e. The van der Waals surface area contributed by atoms with Crippen molar-refractivity contribution in [3.8, 4) is 5.75 Å². The molecule has 17 heavy (non-hydrogen) atoms. The van der Waals surface area contributed by atoms with E-state index in [-0.39, 0.29) is 11.7 Å². The van der Waals surface area contributed by atoms with Gasteiger partial charge in [0.25, 0.3) is 5.91 Å². The molecule has 1 aromatic carbocycles. The van der Waals surface area contributed by atoms with Crippen LogP contribution in [0.25, 0.3) is 0 Å². The van der Waals surface area contributed by atoms with E-state index < -0.39 is 0 Å². The van der Waals surface area contributed by atoms with Crippen LogP contribution in [0.3, 0.4) is 0 Å². The topological polar surface area (TPSA) is 58.6 Å². The van der Waals surface area contributed by atoms with Gasteiger partial charge in [0.05, 0.1) is 0 Å². The van der Waals surface area contributed by atoms with Gasteiger partial charge in [-0.3, -0.25) is 4.79 Å². The summed E-state index contributed by atoms with van der Waals surface area (Å²) in [4.78, 5) is 11.6. The quantitative estimate of drug-likeness (QED) is 0.712. The average Bonchev–Trinajstić information content (AvgIpc) is 2.34. The molecule has 0 saturated carbocycles. The lowest BCUT2D eigenvalue weighted by Gasteiger charge is -2.05. The summed E-state index contributed by atoms with van der Waals surface area (Å²) in [5.74, 6) is 0.0370. The van der Waals surface area contributed by atoms with Crippen LogP contribution >= 0.6 is 0 Å². The standard InChI is InChI=1S/C13H19NO3/c1-2-9-17-10-3-8-14-13(16)11-4-6-12(15)7-5-11/h4-7,15H,2-3,8-10H2,1H3,(H,14,16). The lowest BCUT2D eigenvalue weighted by molar-refractivity contribution is 0.0941. The van der Waals surface area contributed by atoms with Gasteiger partial charge >= 0.3 is 0 Å². The summed E-state index contributed by atoms with van der Waals surface area (Å²) in [5.41, 5.74) is 0.553. The van der Waals surface area contributed by atoms with Crippen molar-refractivity contribution in [2.45, 2.75) is 19.8 Å². The molecule has 0 fully saturated rings. The first-order chi connectivity index (χ1) is 8.24. The number of amides is 1. The molecule has 0 spiro atoms. The fourth-order valence-electron chi connectivity index (χ4n) is 1.34. The first-order valence-electron chi connectivity index (χ1n) is 5.89. The maximum Gasteiger partial charge on any atom is 0.251 e. The summed E-state index contributed by atoms with van der Waals surface area (Å²) in [6.07, 6.45) is 1.82. The Bertz CT molecular complexity index is 335. The van der Waals surface area contributed by atoms with E-state index in [4.69, 9.17) is 9.84 Å². The van der Waals surface area contributed by atoms with Gasteiger partial charge in [0.2, 0.25) is 0 Å². The Balaban J connectivity index is 2.19. The summed E-state index contributed by atoms with van der Waals surface area (Å²) in [5, 5.41) is 11.9. The number of phenols is 1. The van der Waals surface area contributed by atoms with E-state index in [1.54, 1.807) is 12.1 Å². The molecule has 0 unspecified atom stereocenters. The molecule has 0 aliphatic carbocycles. The molecule has 0 saturated heterocycles. The largest absolute Gasteiger partial charge is 0.508 e. The van der Waals surface area contributed by atoms with E-state index >= 15 is 0 Å². The van der Waals surface area contributed by atoms with Gasteiger partial charge in [0.1, 0.15) is 5.75 Å². The smallest absolute Gasteiger partial charge is 0.251 e. The molecule has 0 aliphatic rings. The monoisotopic (exact) mass is 237 g/mol. The van der Waals surface area contributed by atoms with Gasteiger partial charge in [-0.05, 0) is 37.1 Å². The number of rotatable bonds is 7. The third-order valence-electron chi connectivity index (χ3n) is 2.23. The lowest BCUT2D eigenvalue weighted by Crippen LogP contribution is -2.25.